The van der Waals surface area contributed by atoms with Crippen molar-refractivity contribution in [1.82, 2.24) is 10.3 Å². The molecule has 0 spiro atoms. The van der Waals surface area contributed by atoms with E-state index in [4.69, 9.17) is 0 Å². The van der Waals surface area contributed by atoms with Gasteiger partial charge in [0.1, 0.15) is 0 Å². The minimum atomic E-state index is -0.0351. The normalized spacial score (nSPS) is 10.4. The lowest BCUT2D eigenvalue weighted by Crippen LogP contribution is -2.13. The number of amides is 1. The summed E-state index contributed by atoms with van der Waals surface area (Å²) >= 11 is 3.27. The molecule has 17 heavy (non-hydrogen) atoms. The van der Waals surface area contributed by atoms with Crippen molar-refractivity contribution >= 4 is 34.3 Å². The van der Waals surface area contributed by atoms with Crippen molar-refractivity contribution in [3.8, 4) is 0 Å². The zero-order chi connectivity index (χ0) is 12.1. The highest BCUT2D eigenvalue weighted by Gasteiger charge is 2.05. The number of carbonyl (C=O) groups excluding carboxylic acids is 1. The first-order valence-electron chi connectivity index (χ1n) is 5.18. The number of carbonyl (C=O) groups is 1. The lowest BCUT2D eigenvalue weighted by Gasteiger charge is -2.05. The van der Waals surface area contributed by atoms with E-state index in [0.29, 0.717) is 0 Å². The summed E-state index contributed by atoms with van der Waals surface area (Å²) in [7, 11) is 0. The molecule has 2 N–H and O–H groups in total. The third-order valence-electron chi connectivity index (χ3n) is 2.12. The molecule has 0 atom stereocenters. The molecule has 0 saturated heterocycles. The number of thiazole rings is 1. The Morgan fingerprint density at radius 2 is 2.29 bits per heavy atom. The molecule has 1 amide bonds. The van der Waals surface area contributed by atoms with Crippen molar-refractivity contribution in [2.24, 2.45) is 0 Å². The minimum absolute atomic E-state index is 0.0351. The first-order chi connectivity index (χ1) is 8.25. The molecule has 2 heterocycles. The van der Waals surface area contributed by atoms with Crippen LogP contribution in [0.15, 0.2) is 23.2 Å². The van der Waals surface area contributed by atoms with Crippen molar-refractivity contribution < 1.29 is 4.79 Å². The van der Waals surface area contributed by atoms with E-state index in [0.717, 1.165) is 23.7 Å². The molecule has 0 saturated carbocycles. The highest BCUT2D eigenvalue weighted by molar-refractivity contribution is 7.10. The second-order valence-corrected chi connectivity index (χ2v) is 5.48. The average Bonchev–Trinajstić information content (AvgIpc) is 2.90. The number of thiophene rings is 1. The summed E-state index contributed by atoms with van der Waals surface area (Å²) in [5.74, 6) is -0.0351. The first kappa shape index (κ1) is 12.2. The Morgan fingerprint density at radius 1 is 1.41 bits per heavy atom. The molecule has 2 aromatic rings. The summed E-state index contributed by atoms with van der Waals surface area (Å²) < 4.78 is 0. The van der Waals surface area contributed by atoms with Gasteiger partial charge in [-0.15, -0.1) is 22.7 Å². The van der Waals surface area contributed by atoms with Crippen LogP contribution in [-0.4, -0.2) is 10.9 Å². The molecule has 90 valence electrons. The molecule has 0 aliphatic carbocycles. The Bertz CT molecular complexity index is 479. The van der Waals surface area contributed by atoms with E-state index < -0.39 is 0 Å². The molecule has 0 fully saturated rings. The Balaban J connectivity index is 1.86. The van der Waals surface area contributed by atoms with Crippen molar-refractivity contribution in [2.75, 3.05) is 5.32 Å². The minimum Gasteiger partial charge on any atom is -0.325 e. The molecule has 0 unspecified atom stereocenters. The Labute approximate surface area is 108 Å². The topological polar surface area (TPSA) is 54.0 Å². The number of nitrogens with zero attached hydrogens (tertiary/aromatic N) is 1. The van der Waals surface area contributed by atoms with Crippen molar-refractivity contribution in [3.63, 3.8) is 0 Å². The highest BCUT2D eigenvalue weighted by Crippen LogP contribution is 2.22. The standard InChI is InChI=1S/C11H13N3OS2/c1-8(15)14-10-2-3-16-11(10)6-12-4-9-5-13-7-17-9/h2-3,5,7,12H,4,6H2,1H3,(H,14,15). The predicted octanol–water partition coefficient (Wildman–Crippen LogP) is 2.45. The second kappa shape index (κ2) is 5.90. The quantitative estimate of drug-likeness (QED) is 0.875. The summed E-state index contributed by atoms with van der Waals surface area (Å²) in [6, 6.07) is 1.93. The average molecular weight is 267 g/mol. The van der Waals surface area contributed by atoms with Crippen molar-refractivity contribution in [1.29, 1.82) is 0 Å². The van der Waals surface area contributed by atoms with Crippen LogP contribution in [0.3, 0.4) is 0 Å². The van der Waals surface area contributed by atoms with E-state index in [1.165, 1.54) is 11.8 Å². The SMILES string of the molecule is CC(=O)Nc1ccsc1CNCc1cncs1. The van der Waals surface area contributed by atoms with Gasteiger partial charge in [0, 0.05) is 36.0 Å². The van der Waals surface area contributed by atoms with Gasteiger partial charge in [-0.25, -0.2) is 0 Å². The van der Waals surface area contributed by atoms with Crippen LogP contribution in [0, 0.1) is 0 Å². The summed E-state index contributed by atoms with van der Waals surface area (Å²) in [4.78, 5) is 17.4. The number of anilines is 1. The van der Waals surface area contributed by atoms with Crippen LogP contribution < -0.4 is 10.6 Å². The maximum absolute atomic E-state index is 11.0. The molecule has 0 aliphatic heterocycles. The Kier molecular flexibility index (Phi) is 4.24. The fourth-order valence-electron chi connectivity index (χ4n) is 1.41. The van der Waals surface area contributed by atoms with Gasteiger partial charge in [-0.2, -0.15) is 0 Å². The molecule has 4 nitrogen and oxygen atoms in total. The second-order valence-electron chi connectivity index (χ2n) is 3.51. The van der Waals surface area contributed by atoms with Crippen molar-refractivity contribution in [3.05, 3.63) is 32.9 Å². The fraction of sp³-hybridized carbons (Fsp3) is 0.273. The molecular weight excluding hydrogens is 254 g/mol. The first-order valence-corrected chi connectivity index (χ1v) is 6.93. The smallest absolute Gasteiger partial charge is 0.221 e. The third kappa shape index (κ3) is 3.62. The lowest BCUT2D eigenvalue weighted by molar-refractivity contribution is -0.114. The largest absolute Gasteiger partial charge is 0.325 e. The van der Waals surface area contributed by atoms with Gasteiger partial charge < -0.3 is 10.6 Å². The summed E-state index contributed by atoms with van der Waals surface area (Å²) in [6.45, 7) is 3.08. The summed E-state index contributed by atoms with van der Waals surface area (Å²) in [6.07, 6.45) is 1.86. The molecule has 0 aliphatic rings. The maximum Gasteiger partial charge on any atom is 0.221 e. The van der Waals surface area contributed by atoms with Gasteiger partial charge in [-0.3, -0.25) is 9.78 Å². The predicted molar refractivity (Wildman–Crippen MR) is 71.3 cm³/mol. The van der Waals surface area contributed by atoms with E-state index in [2.05, 4.69) is 15.6 Å². The maximum atomic E-state index is 11.0. The van der Waals surface area contributed by atoms with Crippen LogP contribution >= 0.6 is 22.7 Å². The number of aromatic nitrogens is 1. The summed E-state index contributed by atoms with van der Waals surface area (Å²) in [5.41, 5.74) is 2.73. The van der Waals surface area contributed by atoms with Gasteiger partial charge in [0.05, 0.1) is 11.2 Å². The molecule has 2 aromatic heterocycles. The summed E-state index contributed by atoms with van der Waals surface area (Å²) in [5, 5.41) is 8.13. The van der Waals surface area contributed by atoms with Gasteiger partial charge >= 0.3 is 0 Å². The zero-order valence-electron chi connectivity index (χ0n) is 9.40. The molecule has 0 radical (unpaired) electrons. The number of hydrogen-bond acceptors (Lipinski definition) is 5. The van der Waals surface area contributed by atoms with Gasteiger partial charge in [0.2, 0.25) is 5.91 Å². The van der Waals surface area contributed by atoms with Crippen molar-refractivity contribution in [2.45, 2.75) is 20.0 Å². The van der Waals surface area contributed by atoms with E-state index in [1.807, 2.05) is 23.2 Å². The van der Waals surface area contributed by atoms with E-state index >= 15 is 0 Å². The number of hydrogen-bond donors (Lipinski definition) is 2. The van der Waals surface area contributed by atoms with Gasteiger partial charge in [0.15, 0.2) is 0 Å². The van der Waals surface area contributed by atoms with Crippen LogP contribution in [0.4, 0.5) is 5.69 Å². The Morgan fingerprint density at radius 3 is 3.00 bits per heavy atom. The molecule has 0 aromatic carbocycles. The van der Waals surface area contributed by atoms with E-state index in [-0.39, 0.29) is 5.91 Å². The van der Waals surface area contributed by atoms with Crippen LogP contribution in [-0.2, 0) is 17.9 Å². The van der Waals surface area contributed by atoms with Crippen LogP contribution in [0.1, 0.15) is 16.7 Å². The monoisotopic (exact) mass is 267 g/mol. The number of nitrogens with one attached hydrogen (secondary N) is 2. The molecule has 6 heteroatoms. The van der Waals surface area contributed by atoms with Gasteiger partial charge in [-0.1, -0.05) is 0 Å². The lowest BCUT2D eigenvalue weighted by atomic mass is 10.3. The molecular formula is C11H13N3OS2. The Hall–Kier alpha value is -1.24. The van der Waals surface area contributed by atoms with Crippen LogP contribution in [0.2, 0.25) is 0 Å². The van der Waals surface area contributed by atoms with Crippen LogP contribution in [0.5, 0.6) is 0 Å². The molecule has 0 bridgehead atoms. The van der Waals surface area contributed by atoms with Crippen LogP contribution in [0.25, 0.3) is 0 Å². The zero-order valence-corrected chi connectivity index (χ0v) is 11.0. The fourth-order valence-corrected chi connectivity index (χ4v) is 2.77. The molecule has 2 rings (SSSR count). The van der Waals surface area contributed by atoms with E-state index in [9.17, 15) is 4.79 Å². The number of rotatable bonds is 5. The highest BCUT2D eigenvalue weighted by atomic mass is 32.1. The third-order valence-corrected chi connectivity index (χ3v) is 3.82. The van der Waals surface area contributed by atoms with Gasteiger partial charge in [-0.05, 0) is 11.4 Å². The van der Waals surface area contributed by atoms with Gasteiger partial charge in [0.25, 0.3) is 0 Å². The van der Waals surface area contributed by atoms with E-state index in [1.54, 1.807) is 22.7 Å².